The van der Waals surface area contributed by atoms with Crippen molar-refractivity contribution >= 4 is 37.9 Å². The Morgan fingerprint density at radius 3 is 2.43 bits per heavy atom. The molecular weight excluding hydrogens is 583 g/mol. The summed E-state index contributed by atoms with van der Waals surface area (Å²) in [5.74, 6) is -2.68. The predicted octanol–water partition coefficient (Wildman–Crippen LogP) is 6.75. The van der Waals surface area contributed by atoms with Crippen molar-refractivity contribution in [1.82, 2.24) is 10.3 Å². The van der Waals surface area contributed by atoms with Crippen molar-refractivity contribution < 1.29 is 21.6 Å². The molecule has 3 aliphatic rings. The second-order valence-corrected chi connectivity index (χ2v) is 13.1. The number of benzene rings is 2. The summed E-state index contributed by atoms with van der Waals surface area (Å²) in [7, 11) is -4.78. The first-order valence-electron chi connectivity index (χ1n) is 14.0. The van der Waals surface area contributed by atoms with Gasteiger partial charge in [0.1, 0.15) is 17.5 Å². The van der Waals surface area contributed by atoms with Crippen LogP contribution in [0.1, 0.15) is 49.8 Å². The standard InChI is InChI=1S/C30H30F3N5O2S2/c31-21-10-8-11-22(32)29(21)42(39,40)37-23-13-7-9-20(26(23)33)27-28(41-30(36-27)38-17-5-2-6-18-38)24-12-3-1-4-14-25(35-24)34-19-15-16-19/h3,7-14,19,34,37H,1-2,4-6,15-18H2/b12-3?,25-14-,35-24?. The van der Waals surface area contributed by atoms with Crippen molar-refractivity contribution in [2.75, 3.05) is 22.7 Å². The molecular formula is C30H30F3N5O2S2. The summed E-state index contributed by atoms with van der Waals surface area (Å²) in [6, 6.07) is 7.32. The molecule has 3 aromatic rings. The number of halogens is 3. The molecule has 42 heavy (non-hydrogen) atoms. The molecule has 0 amide bonds. The molecule has 0 bridgehead atoms. The average Bonchev–Trinajstić information content (AvgIpc) is 3.66. The highest BCUT2D eigenvalue weighted by molar-refractivity contribution is 7.92. The Balaban J connectivity index is 1.43. The van der Waals surface area contributed by atoms with E-state index in [1.54, 1.807) is 0 Å². The van der Waals surface area contributed by atoms with Gasteiger partial charge in [0.05, 0.1) is 22.0 Å². The van der Waals surface area contributed by atoms with E-state index in [0.29, 0.717) is 22.3 Å². The van der Waals surface area contributed by atoms with Gasteiger partial charge in [-0.3, -0.25) is 4.72 Å². The van der Waals surface area contributed by atoms with E-state index in [0.717, 1.165) is 87.2 Å². The molecule has 2 aliphatic heterocycles. The summed E-state index contributed by atoms with van der Waals surface area (Å²) in [6.07, 6.45) is 13.0. The molecule has 3 heterocycles. The highest BCUT2D eigenvalue weighted by Gasteiger charge is 2.28. The number of rotatable bonds is 8. The minimum Gasteiger partial charge on any atom is -0.368 e. The van der Waals surface area contributed by atoms with Crippen LogP contribution in [0.25, 0.3) is 11.3 Å². The molecule has 2 aromatic carbocycles. The molecule has 0 radical (unpaired) electrons. The lowest BCUT2D eigenvalue weighted by atomic mass is 10.1. The van der Waals surface area contributed by atoms with Crippen molar-refractivity contribution in [1.29, 1.82) is 0 Å². The summed E-state index contributed by atoms with van der Waals surface area (Å²) in [5.41, 5.74) is 0.562. The summed E-state index contributed by atoms with van der Waals surface area (Å²) >= 11 is 1.42. The van der Waals surface area contributed by atoms with E-state index in [4.69, 9.17) is 9.98 Å². The smallest absolute Gasteiger partial charge is 0.267 e. The fourth-order valence-corrected chi connectivity index (χ4v) is 7.29. The molecule has 6 rings (SSSR count). The van der Waals surface area contributed by atoms with Gasteiger partial charge in [-0.1, -0.05) is 29.5 Å². The van der Waals surface area contributed by atoms with Crippen LogP contribution in [-0.2, 0) is 10.0 Å². The molecule has 2 fully saturated rings. The predicted molar refractivity (Wildman–Crippen MR) is 160 cm³/mol. The number of sulfonamides is 1. The lowest BCUT2D eigenvalue weighted by Gasteiger charge is -2.25. The van der Waals surface area contributed by atoms with Gasteiger partial charge in [0.15, 0.2) is 15.8 Å². The summed E-state index contributed by atoms with van der Waals surface area (Å²) < 4.78 is 72.7. The molecule has 12 heteroatoms. The number of anilines is 2. The second kappa shape index (κ2) is 11.9. The number of hydrogen-bond acceptors (Lipinski definition) is 7. The first-order chi connectivity index (χ1) is 20.3. The fourth-order valence-electron chi connectivity index (χ4n) is 4.99. The Bertz CT molecular complexity index is 1670. The fraction of sp³-hybridized carbons (Fsp3) is 0.333. The van der Waals surface area contributed by atoms with Gasteiger partial charge < -0.3 is 10.2 Å². The van der Waals surface area contributed by atoms with Gasteiger partial charge in [0.2, 0.25) is 0 Å². The van der Waals surface area contributed by atoms with Crippen LogP contribution < -0.4 is 14.9 Å². The zero-order valence-corrected chi connectivity index (χ0v) is 24.4. The Kier molecular flexibility index (Phi) is 8.09. The molecule has 2 N–H and O–H groups in total. The first kappa shape index (κ1) is 28.5. The third-order valence-electron chi connectivity index (χ3n) is 7.28. The van der Waals surface area contributed by atoms with Gasteiger partial charge in [-0.25, -0.2) is 31.6 Å². The third kappa shape index (κ3) is 6.10. The van der Waals surface area contributed by atoms with Crippen LogP contribution in [0.15, 0.2) is 70.3 Å². The lowest BCUT2D eigenvalue weighted by molar-refractivity contribution is 0.521. The number of piperidine rings is 1. The number of hydrogen-bond donors (Lipinski definition) is 2. The van der Waals surface area contributed by atoms with Gasteiger partial charge >= 0.3 is 0 Å². The minimum atomic E-state index is -4.78. The van der Waals surface area contributed by atoms with Crippen molar-refractivity contribution in [3.05, 3.63) is 82.8 Å². The van der Waals surface area contributed by atoms with Crippen molar-refractivity contribution in [2.24, 2.45) is 4.99 Å². The van der Waals surface area contributed by atoms with E-state index in [1.165, 1.54) is 29.5 Å². The highest BCUT2D eigenvalue weighted by Crippen LogP contribution is 2.38. The van der Waals surface area contributed by atoms with Gasteiger partial charge in [0.25, 0.3) is 10.0 Å². The van der Waals surface area contributed by atoms with Crippen molar-refractivity contribution in [3.8, 4) is 11.3 Å². The number of aromatic nitrogens is 1. The Morgan fingerprint density at radius 2 is 1.69 bits per heavy atom. The second-order valence-electron chi connectivity index (χ2n) is 10.5. The van der Waals surface area contributed by atoms with Gasteiger partial charge in [-0.05, 0) is 81.4 Å². The number of nitrogens with zero attached hydrogens (tertiary/aromatic N) is 3. The SMILES string of the molecule is O=S(=O)(Nc1cccc(-c2nc(N3CCCCC3)sc2C2=N/C(NC3CC3)=C\CCC=C2)c1F)c1c(F)cccc1F. The zero-order chi connectivity index (χ0) is 29.3. The van der Waals surface area contributed by atoms with Gasteiger partial charge in [-0.2, -0.15) is 0 Å². The maximum Gasteiger partial charge on any atom is 0.267 e. The van der Waals surface area contributed by atoms with Crippen molar-refractivity contribution in [2.45, 2.75) is 55.9 Å². The van der Waals surface area contributed by atoms with E-state index in [1.807, 2.05) is 16.9 Å². The van der Waals surface area contributed by atoms with Crippen LogP contribution in [0.3, 0.4) is 0 Å². The zero-order valence-electron chi connectivity index (χ0n) is 22.7. The molecule has 1 aromatic heterocycles. The molecule has 1 aliphatic carbocycles. The topological polar surface area (TPSA) is 86.7 Å². The van der Waals surface area contributed by atoms with E-state index in [-0.39, 0.29) is 5.56 Å². The number of thiazole rings is 1. The largest absolute Gasteiger partial charge is 0.368 e. The van der Waals surface area contributed by atoms with E-state index < -0.39 is 38.1 Å². The Hall–Kier alpha value is -3.64. The first-order valence-corrected chi connectivity index (χ1v) is 16.3. The molecule has 0 spiro atoms. The van der Waals surface area contributed by atoms with Crippen LogP contribution >= 0.6 is 11.3 Å². The molecule has 7 nitrogen and oxygen atoms in total. The van der Waals surface area contributed by atoms with Crippen LogP contribution in [0.5, 0.6) is 0 Å². The average molecular weight is 614 g/mol. The Morgan fingerprint density at radius 1 is 0.952 bits per heavy atom. The number of allylic oxidation sites excluding steroid dienone is 3. The van der Waals surface area contributed by atoms with E-state index in [9.17, 15) is 17.2 Å². The molecule has 1 saturated carbocycles. The maximum atomic E-state index is 16.2. The number of aliphatic imine (C=N–C) groups is 1. The lowest BCUT2D eigenvalue weighted by Crippen LogP contribution is -2.29. The normalized spacial score (nSPS) is 19.0. The molecule has 1 saturated heterocycles. The van der Waals surface area contributed by atoms with E-state index >= 15 is 4.39 Å². The van der Waals surface area contributed by atoms with E-state index in [2.05, 4.69) is 16.3 Å². The molecule has 0 unspecified atom stereocenters. The summed E-state index contributed by atoms with van der Waals surface area (Å²) in [4.78, 5) is 11.4. The van der Waals surface area contributed by atoms with Crippen LogP contribution in [0, 0.1) is 17.5 Å². The quantitative estimate of drug-likeness (QED) is 0.294. The van der Waals surface area contributed by atoms with Gasteiger partial charge in [-0.15, -0.1) is 0 Å². The number of nitrogens with one attached hydrogen (secondary N) is 2. The third-order valence-corrected chi connectivity index (χ3v) is 9.83. The van der Waals surface area contributed by atoms with Crippen LogP contribution in [0.4, 0.5) is 24.0 Å². The molecule has 0 atom stereocenters. The summed E-state index contributed by atoms with van der Waals surface area (Å²) in [5, 5.41) is 4.20. The monoisotopic (exact) mass is 613 g/mol. The molecule has 220 valence electrons. The van der Waals surface area contributed by atoms with Crippen LogP contribution in [-0.4, -0.2) is 38.2 Å². The Labute approximate surface area is 246 Å². The summed E-state index contributed by atoms with van der Waals surface area (Å²) in [6.45, 7) is 1.67. The minimum absolute atomic E-state index is 0.0533. The van der Waals surface area contributed by atoms with Crippen molar-refractivity contribution in [3.63, 3.8) is 0 Å². The highest BCUT2D eigenvalue weighted by atomic mass is 32.2. The van der Waals surface area contributed by atoms with Crippen LogP contribution in [0.2, 0.25) is 0 Å². The van der Waals surface area contributed by atoms with Gasteiger partial charge in [0, 0.05) is 24.7 Å². The maximum absolute atomic E-state index is 16.2.